The third kappa shape index (κ3) is 3.80. The van der Waals surface area contributed by atoms with Crippen molar-refractivity contribution in [1.29, 1.82) is 0 Å². The van der Waals surface area contributed by atoms with Gasteiger partial charge >= 0.3 is 0 Å². The molecule has 2 rings (SSSR count). The van der Waals surface area contributed by atoms with Crippen LogP contribution < -0.4 is 10.1 Å². The van der Waals surface area contributed by atoms with Gasteiger partial charge < -0.3 is 10.1 Å². The number of ether oxygens (including phenoxy) is 1. The van der Waals surface area contributed by atoms with E-state index in [9.17, 15) is 0 Å². The van der Waals surface area contributed by atoms with Gasteiger partial charge in [-0.05, 0) is 43.2 Å². The van der Waals surface area contributed by atoms with Gasteiger partial charge in [0.1, 0.15) is 5.75 Å². The summed E-state index contributed by atoms with van der Waals surface area (Å²) in [4.78, 5) is 4.30. The molecule has 1 N–H and O–H groups in total. The lowest BCUT2D eigenvalue weighted by Crippen LogP contribution is -2.18. The van der Waals surface area contributed by atoms with Gasteiger partial charge in [0, 0.05) is 24.5 Å². The van der Waals surface area contributed by atoms with Crippen LogP contribution in [0, 0.1) is 6.92 Å². The van der Waals surface area contributed by atoms with Gasteiger partial charge in [0.15, 0.2) is 0 Å². The van der Waals surface area contributed by atoms with Crippen LogP contribution in [-0.4, -0.2) is 12.1 Å². The molecule has 1 atom stereocenters. The molecule has 0 aliphatic heterocycles. The molecule has 0 saturated carbocycles. The number of benzene rings is 1. The van der Waals surface area contributed by atoms with E-state index < -0.39 is 0 Å². The lowest BCUT2D eigenvalue weighted by atomic mass is 10.1. The molecule has 0 bridgehead atoms. The summed E-state index contributed by atoms with van der Waals surface area (Å²) in [6, 6.07) is 12.6. The minimum Gasteiger partial charge on any atom is -0.497 e. The molecule has 0 fully saturated rings. The van der Waals surface area contributed by atoms with Crippen molar-refractivity contribution in [1.82, 2.24) is 10.3 Å². The van der Waals surface area contributed by atoms with Crippen molar-refractivity contribution in [3.05, 3.63) is 59.4 Å². The number of aromatic nitrogens is 1. The van der Waals surface area contributed by atoms with Crippen molar-refractivity contribution < 1.29 is 4.74 Å². The van der Waals surface area contributed by atoms with E-state index in [1.54, 1.807) is 7.11 Å². The Morgan fingerprint density at radius 2 is 2.11 bits per heavy atom. The maximum atomic E-state index is 5.24. The molecular weight excluding hydrogens is 236 g/mol. The number of methoxy groups -OCH3 is 1. The van der Waals surface area contributed by atoms with Gasteiger partial charge in [0.25, 0.3) is 0 Å². The third-order valence-corrected chi connectivity index (χ3v) is 3.18. The number of hydrogen-bond acceptors (Lipinski definition) is 3. The molecule has 100 valence electrons. The predicted octanol–water partition coefficient (Wildman–Crippen LogP) is 3.25. The fraction of sp³-hybridized carbons (Fsp3) is 0.312. The van der Waals surface area contributed by atoms with Gasteiger partial charge in [-0.25, -0.2) is 0 Å². The second-order valence-electron chi connectivity index (χ2n) is 4.69. The Balaban J connectivity index is 1.96. The summed E-state index contributed by atoms with van der Waals surface area (Å²) in [5, 5.41) is 3.49. The van der Waals surface area contributed by atoms with E-state index in [0.29, 0.717) is 0 Å². The topological polar surface area (TPSA) is 34.1 Å². The van der Waals surface area contributed by atoms with Gasteiger partial charge in [-0.15, -0.1) is 0 Å². The smallest absolute Gasteiger partial charge is 0.119 e. The van der Waals surface area contributed by atoms with Crippen molar-refractivity contribution in [2.75, 3.05) is 7.11 Å². The maximum absolute atomic E-state index is 5.24. The highest BCUT2D eigenvalue weighted by Crippen LogP contribution is 2.19. The fourth-order valence-corrected chi connectivity index (χ4v) is 1.90. The zero-order valence-electron chi connectivity index (χ0n) is 11.7. The molecule has 0 amide bonds. The SMILES string of the molecule is COc1cccc([C@@H](C)NCc2ccc(C)nc2)c1. The Kier molecular flexibility index (Phi) is 4.53. The molecule has 0 aliphatic carbocycles. The van der Waals surface area contributed by atoms with Crippen LogP contribution in [0.3, 0.4) is 0 Å². The minimum absolute atomic E-state index is 0.274. The second-order valence-corrected chi connectivity index (χ2v) is 4.69. The molecular formula is C16H20N2O. The molecule has 0 radical (unpaired) electrons. The highest BCUT2D eigenvalue weighted by molar-refractivity contribution is 5.30. The van der Waals surface area contributed by atoms with Crippen molar-refractivity contribution in [3.8, 4) is 5.75 Å². The molecule has 3 heteroatoms. The van der Waals surface area contributed by atoms with Crippen molar-refractivity contribution in [2.24, 2.45) is 0 Å². The maximum Gasteiger partial charge on any atom is 0.119 e. The first-order chi connectivity index (χ1) is 9.19. The summed E-state index contributed by atoms with van der Waals surface area (Å²) in [7, 11) is 1.69. The predicted molar refractivity (Wildman–Crippen MR) is 77.2 cm³/mol. The first-order valence-electron chi connectivity index (χ1n) is 6.48. The van der Waals surface area contributed by atoms with E-state index in [2.05, 4.69) is 35.4 Å². The number of aryl methyl sites for hydroxylation is 1. The zero-order chi connectivity index (χ0) is 13.7. The number of pyridine rings is 1. The monoisotopic (exact) mass is 256 g/mol. The van der Waals surface area contributed by atoms with E-state index in [1.807, 2.05) is 31.3 Å². The lowest BCUT2D eigenvalue weighted by molar-refractivity contribution is 0.413. The number of nitrogens with zero attached hydrogens (tertiary/aromatic N) is 1. The van der Waals surface area contributed by atoms with E-state index in [0.717, 1.165) is 18.0 Å². The first kappa shape index (κ1) is 13.6. The fourth-order valence-electron chi connectivity index (χ4n) is 1.90. The van der Waals surface area contributed by atoms with Crippen LogP contribution in [-0.2, 0) is 6.54 Å². The quantitative estimate of drug-likeness (QED) is 0.891. The highest BCUT2D eigenvalue weighted by Gasteiger charge is 2.05. The molecule has 0 aliphatic rings. The summed E-state index contributed by atoms with van der Waals surface area (Å²) in [5.74, 6) is 0.892. The summed E-state index contributed by atoms with van der Waals surface area (Å²) in [6.45, 7) is 4.96. The molecule has 0 saturated heterocycles. The van der Waals surface area contributed by atoms with Crippen LogP contribution in [0.25, 0.3) is 0 Å². The van der Waals surface area contributed by atoms with E-state index in [-0.39, 0.29) is 6.04 Å². The van der Waals surface area contributed by atoms with Gasteiger partial charge in [-0.2, -0.15) is 0 Å². The summed E-state index contributed by atoms with van der Waals surface area (Å²) >= 11 is 0. The Morgan fingerprint density at radius 3 is 2.79 bits per heavy atom. The summed E-state index contributed by atoms with van der Waals surface area (Å²) in [6.07, 6.45) is 1.92. The Bertz CT molecular complexity index is 523. The second kappa shape index (κ2) is 6.34. The van der Waals surface area contributed by atoms with Gasteiger partial charge in [0.05, 0.1) is 7.11 Å². The largest absolute Gasteiger partial charge is 0.497 e. The molecule has 1 aromatic carbocycles. The third-order valence-electron chi connectivity index (χ3n) is 3.18. The normalized spacial score (nSPS) is 12.2. The average molecular weight is 256 g/mol. The zero-order valence-corrected chi connectivity index (χ0v) is 11.7. The van der Waals surface area contributed by atoms with E-state index >= 15 is 0 Å². The average Bonchev–Trinajstić information content (AvgIpc) is 2.46. The van der Waals surface area contributed by atoms with Crippen molar-refractivity contribution >= 4 is 0 Å². The van der Waals surface area contributed by atoms with Crippen LogP contribution in [0.15, 0.2) is 42.6 Å². The molecule has 0 unspecified atom stereocenters. The number of rotatable bonds is 5. The van der Waals surface area contributed by atoms with Crippen LogP contribution in [0.4, 0.5) is 0 Å². The van der Waals surface area contributed by atoms with Crippen molar-refractivity contribution in [3.63, 3.8) is 0 Å². The molecule has 2 aromatic rings. The van der Waals surface area contributed by atoms with Gasteiger partial charge in [0.2, 0.25) is 0 Å². The van der Waals surface area contributed by atoms with E-state index in [1.165, 1.54) is 11.1 Å². The Labute approximate surface area is 114 Å². The van der Waals surface area contributed by atoms with Crippen LogP contribution in [0.5, 0.6) is 5.75 Å². The summed E-state index contributed by atoms with van der Waals surface area (Å²) < 4.78 is 5.24. The minimum atomic E-state index is 0.274. The number of hydrogen-bond donors (Lipinski definition) is 1. The lowest BCUT2D eigenvalue weighted by Gasteiger charge is -2.15. The van der Waals surface area contributed by atoms with E-state index in [4.69, 9.17) is 4.74 Å². The molecule has 1 aromatic heterocycles. The summed E-state index contributed by atoms with van der Waals surface area (Å²) in [5.41, 5.74) is 3.46. The standard InChI is InChI=1S/C16H20N2O/c1-12-7-8-14(10-17-12)11-18-13(2)15-5-4-6-16(9-15)19-3/h4-10,13,18H,11H2,1-3H3/t13-/m1/s1. The molecule has 19 heavy (non-hydrogen) atoms. The van der Waals surface area contributed by atoms with Gasteiger partial charge in [-0.1, -0.05) is 18.2 Å². The van der Waals surface area contributed by atoms with Crippen LogP contribution in [0.2, 0.25) is 0 Å². The van der Waals surface area contributed by atoms with Crippen molar-refractivity contribution in [2.45, 2.75) is 26.4 Å². The first-order valence-corrected chi connectivity index (χ1v) is 6.48. The molecule has 1 heterocycles. The highest BCUT2D eigenvalue weighted by atomic mass is 16.5. The van der Waals surface area contributed by atoms with Crippen LogP contribution >= 0.6 is 0 Å². The Hall–Kier alpha value is -1.87. The molecule has 3 nitrogen and oxygen atoms in total. The Morgan fingerprint density at radius 1 is 1.26 bits per heavy atom. The number of nitrogens with one attached hydrogen (secondary N) is 1. The van der Waals surface area contributed by atoms with Crippen LogP contribution in [0.1, 0.15) is 29.8 Å². The molecule has 0 spiro atoms. The van der Waals surface area contributed by atoms with Gasteiger partial charge in [-0.3, -0.25) is 4.98 Å².